The van der Waals surface area contributed by atoms with Gasteiger partial charge in [0.05, 0.1) is 6.54 Å². The van der Waals surface area contributed by atoms with Crippen molar-refractivity contribution in [1.29, 1.82) is 0 Å². The van der Waals surface area contributed by atoms with Crippen LogP contribution in [0.3, 0.4) is 0 Å². The molecule has 0 saturated carbocycles. The van der Waals surface area contributed by atoms with Gasteiger partial charge in [0, 0.05) is 17.7 Å². The first-order chi connectivity index (χ1) is 12.7. The summed E-state index contributed by atoms with van der Waals surface area (Å²) >= 11 is 0. The molecule has 1 aliphatic heterocycles. The van der Waals surface area contributed by atoms with E-state index in [2.05, 4.69) is 15.5 Å². The van der Waals surface area contributed by atoms with E-state index in [1.807, 2.05) is 31.2 Å². The van der Waals surface area contributed by atoms with E-state index in [9.17, 15) is 4.79 Å². The lowest BCUT2D eigenvalue weighted by molar-refractivity contribution is 0.0835. The number of hydrogen-bond donors (Lipinski definition) is 1. The highest BCUT2D eigenvalue weighted by atomic mass is 16.5. The molecule has 0 spiro atoms. The highest BCUT2D eigenvalue weighted by Gasteiger charge is 2.23. The molecule has 1 atom stereocenters. The molecule has 1 aromatic carbocycles. The van der Waals surface area contributed by atoms with Crippen molar-refractivity contribution in [1.82, 2.24) is 15.5 Å². The van der Waals surface area contributed by atoms with Gasteiger partial charge < -0.3 is 19.0 Å². The lowest BCUT2D eigenvalue weighted by Crippen LogP contribution is -2.23. The van der Waals surface area contributed by atoms with Gasteiger partial charge in [0.15, 0.2) is 5.82 Å². The van der Waals surface area contributed by atoms with Crippen LogP contribution >= 0.6 is 0 Å². The molecule has 2 aromatic heterocycles. The Morgan fingerprint density at radius 3 is 2.77 bits per heavy atom. The number of aryl methyl sites for hydroxylation is 1. The SMILES string of the molecule is Cc1ccc(-c2ccc(C(=O)NCc3noc(C4CCCO4)n3)cc2)o1. The summed E-state index contributed by atoms with van der Waals surface area (Å²) in [6.45, 7) is 2.81. The van der Waals surface area contributed by atoms with Gasteiger partial charge in [-0.1, -0.05) is 17.3 Å². The van der Waals surface area contributed by atoms with Gasteiger partial charge >= 0.3 is 0 Å². The second-order valence-corrected chi connectivity index (χ2v) is 6.22. The molecule has 3 heterocycles. The van der Waals surface area contributed by atoms with Crippen LogP contribution in [-0.4, -0.2) is 22.7 Å². The molecule has 7 nitrogen and oxygen atoms in total. The maximum Gasteiger partial charge on any atom is 0.255 e. The molecular formula is C19H19N3O4. The fraction of sp³-hybridized carbons (Fsp3) is 0.316. The molecule has 0 aliphatic carbocycles. The summed E-state index contributed by atoms with van der Waals surface area (Å²) in [4.78, 5) is 16.6. The van der Waals surface area contributed by atoms with Gasteiger partial charge in [-0.2, -0.15) is 4.98 Å². The smallest absolute Gasteiger partial charge is 0.255 e. The molecule has 26 heavy (non-hydrogen) atoms. The molecule has 1 unspecified atom stereocenters. The van der Waals surface area contributed by atoms with Crippen LogP contribution in [0.1, 0.15) is 46.8 Å². The second-order valence-electron chi connectivity index (χ2n) is 6.22. The lowest BCUT2D eigenvalue weighted by Gasteiger charge is -2.04. The lowest BCUT2D eigenvalue weighted by atomic mass is 10.1. The van der Waals surface area contributed by atoms with Crippen LogP contribution in [-0.2, 0) is 11.3 Å². The van der Waals surface area contributed by atoms with Crippen molar-refractivity contribution in [2.45, 2.75) is 32.4 Å². The van der Waals surface area contributed by atoms with Gasteiger partial charge in [0.2, 0.25) is 0 Å². The van der Waals surface area contributed by atoms with Crippen molar-refractivity contribution in [3.8, 4) is 11.3 Å². The Bertz CT molecular complexity index is 892. The van der Waals surface area contributed by atoms with Crippen LogP contribution in [0, 0.1) is 6.92 Å². The number of aromatic nitrogens is 2. The van der Waals surface area contributed by atoms with Crippen LogP contribution in [0.5, 0.6) is 0 Å². The van der Waals surface area contributed by atoms with E-state index in [1.165, 1.54) is 0 Å². The Balaban J connectivity index is 1.36. The summed E-state index contributed by atoms with van der Waals surface area (Å²) in [5, 5.41) is 6.68. The Labute approximate surface area is 150 Å². The number of rotatable bonds is 5. The van der Waals surface area contributed by atoms with Gasteiger partial charge in [-0.3, -0.25) is 4.79 Å². The molecule has 134 valence electrons. The van der Waals surface area contributed by atoms with Gasteiger partial charge in [0.1, 0.15) is 17.6 Å². The molecule has 1 saturated heterocycles. The number of carbonyl (C=O) groups excluding carboxylic acids is 1. The van der Waals surface area contributed by atoms with E-state index >= 15 is 0 Å². The summed E-state index contributed by atoms with van der Waals surface area (Å²) < 4.78 is 16.3. The first-order valence-electron chi connectivity index (χ1n) is 8.58. The van der Waals surface area contributed by atoms with Gasteiger partial charge in [-0.05, 0) is 44.0 Å². The Morgan fingerprint density at radius 2 is 2.08 bits per heavy atom. The van der Waals surface area contributed by atoms with E-state index in [0.717, 1.165) is 29.9 Å². The van der Waals surface area contributed by atoms with Crippen molar-refractivity contribution in [2.75, 3.05) is 6.61 Å². The molecule has 1 fully saturated rings. The number of carbonyl (C=O) groups is 1. The fourth-order valence-corrected chi connectivity index (χ4v) is 2.88. The van der Waals surface area contributed by atoms with Crippen LogP contribution < -0.4 is 5.32 Å². The first-order valence-corrected chi connectivity index (χ1v) is 8.58. The van der Waals surface area contributed by atoms with E-state index in [-0.39, 0.29) is 18.6 Å². The van der Waals surface area contributed by atoms with E-state index in [1.54, 1.807) is 12.1 Å². The van der Waals surface area contributed by atoms with Crippen LogP contribution in [0.4, 0.5) is 0 Å². The summed E-state index contributed by atoms with van der Waals surface area (Å²) in [7, 11) is 0. The third-order valence-corrected chi connectivity index (χ3v) is 4.27. The Kier molecular flexibility index (Phi) is 4.53. The topological polar surface area (TPSA) is 90.4 Å². The molecular weight excluding hydrogens is 334 g/mol. The predicted octanol–water partition coefficient (Wildman–Crippen LogP) is 3.42. The minimum Gasteiger partial charge on any atom is -0.461 e. The number of ether oxygens (including phenoxy) is 1. The highest BCUT2D eigenvalue weighted by Crippen LogP contribution is 2.27. The van der Waals surface area contributed by atoms with Gasteiger partial charge in [-0.25, -0.2) is 0 Å². The number of benzene rings is 1. The zero-order valence-electron chi connectivity index (χ0n) is 14.4. The first kappa shape index (κ1) is 16.5. The minimum atomic E-state index is -0.198. The van der Waals surface area contributed by atoms with E-state index < -0.39 is 0 Å². The molecule has 1 amide bonds. The zero-order valence-corrected chi connectivity index (χ0v) is 14.4. The Hall–Kier alpha value is -2.93. The maximum absolute atomic E-state index is 12.3. The normalized spacial score (nSPS) is 16.7. The monoisotopic (exact) mass is 353 g/mol. The van der Waals surface area contributed by atoms with Crippen LogP contribution in [0.15, 0.2) is 45.3 Å². The third kappa shape index (κ3) is 3.52. The van der Waals surface area contributed by atoms with E-state index in [4.69, 9.17) is 13.7 Å². The van der Waals surface area contributed by atoms with Crippen LogP contribution in [0.2, 0.25) is 0 Å². The summed E-state index contributed by atoms with van der Waals surface area (Å²) in [6.07, 6.45) is 1.76. The number of nitrogens with one attached hydrogen (secondary N) is 1. The Morgan fingerprint density at radius 1 is 1.23 bits per heavy atom. The average Bonchev–Trinajstić information content (AvgIpc) is 3.41. The molecule has 3 aromatic rings. The predicted molar refractivity (Wildman–Crippen MR) is 92.3 cm³/mol. The van der Waals surface area contributed by atoms with Gasteiger partial charge in [0.25, 0.3) is 11.8 Å². The summed E-state index contributed by atoms with van der Waals surface area (Å²) in [5.41, 5.74) is 1.48. The molecule has 0 bridgehead atoms. The number of nitrogens with zero attached hydrogens (tertiary/aromatic N) is 2. The van der Waals surface area contributed by atoms with Crippen LogP contribution in [0.25, 0.3) is 11.3 Å². The third-order valence-electron chi connectivity index (χ3n) is 4.27. The van der Waals surface area contributed by atoms with Crippen molar-refractivity contribution < 1.29 is 18.5 Å². The van der Waals surface area contributed by atoms with Crippen molar-refractivity contribution in [3.05, 3.63) is 59.4 Å². The number of amides is 1. The van der Waals surface area contributed by atoms with Crippen molar-refractivity contribution >= 4 is 5.91 Å². The quantitative estimate of drug-likeness (QED) is 0.756. The van der Waals surface area contributed by atoms with Gasteiger partial charge in [-0.15, -0.1) is 0 Å². The fourth-order valence-electron chi connectivity index (χ4n) is 2.88. The molecule has 4 rings (SSSR count). The van der Waals surface area contributed by atoms with Crippen molar-refractivity contribution in [3.63, 3.8) is 0 Å². The molecule has 0 radical (unpaired) electrons. The largest absolute Gasteiger partial charge is 0.461 e. The standard InChI is InChI=1S/C19H19N3O4/c1-12-4-9-15(25-12)13-5-7-14(8-6-13)18(23)20-11-17-21-19(26-22-17)16-3-2-10-24-16/h4-9,16H,2-3,10-11H2,1H3,(H,20,23). The molecule has 7 heteroatoms. The number of furan rings is 1. The number of hydrogen-bond acceptors (Lipinski definition) is 6. The zero-order chi connectivity index (χ0) is 17.9. The maximum atomic E-state index is 12.3. The minimum absolute atomic E-state index is 0.121. The average molecular weight is 353 g/mol. The second kappa shape index (κ2) is 7.13. The summed E-state index contributed by atoms with van der Waals surface area (Å²) in [6, 6.07) is 11.1. The summed E-state index contributed by atoms with van der Waals surface area (Å²) in [5.74, 6) is 2.35. The molecule has 1 aliphatic rings. The molecule has 1 N–H and O–H groups in total. The van der Waals surface area contributed by atoms with E-state index in [0.29, 0.717) is 23.9 Å². The van der Waals surface area contributed by atoms with Crippen molar-refractivity contribution in [2.24, 2.45) is 0 Å². The highest BCUT2D eigenvalue weighted by molar-refractivity contribution is 5.94.